The second-order valence-electron chi connectivity index (χ2n) is 5.57. The Kier molecular flexibility index (Phi) is 4.26. The number of aliphatic hydroxyl groups excluding tert-OH is 1. The molecule has 4 heteroatoms. The van der Waals surface area contributed by atoms with Crippen LogP contribution < -0.4 is 5.32 Å². The van der Waals surface area contributed by atoms with Crippen LogP contribution in [0.2, 0.25) is 0 Å². The molecule has 98 valence electrons. The first-order valence-corrected chi connectivity index (χ1v) is 6.89. The monoisotopic (exact) mass is 240 g/mol. The molecule has 1 saturated carbocycles. The van der Waals surface area contributed by atoms with Gasteiger partial charge < -0.3 is 15.3 Å². The van der Waals surface area contributed by atoms with Crippen molar-refractivity contribution in [3.05, 3.63) is 0 Å². The van der Waals surface area contributed by atoms with Crippen LogP contribution in [0.1, 0.15) is 44.9 Å². The number of nitrogens with one attached hydrogen (secondary N) is 1. The van der Waals surface area contributed by atoms with Gasteiger partial charge in [0.25, 0.3) is 0 Å². The molecule has 2 amide bonds. The lowest BCUT2D eigenvalue weighted by Gasteiger charge is -2.36. The van der Waals surface area contributed by atoms with Crippen molar-refractivity contribution in [2.75, 3.05) is 26.2 Å². The van der Waals surface area contributed by atoms with Gasteiger partial charge in [0.05, 0.1) is 6.61 Å². The largest absolute Gasteiger partial charge is 0.396 e. The van der Waals surface area contributed by atoms with E-state index in [2.05, 4.69) is 5.32 Å². The maximum absolute atomic E-state index is 11.9. The summed E-state index contributed by atoms with van der Waals surface area (Å²) in [5, 5.41) is 12.6. The Morgan fingerprint density at radius 1 is 1.12 bits per heavy atom. The molecule has 1 aliphatic heterocycles. The molecule has 2 aliphatic rings. The lowest BCUT2D eigenvalue weighted by Crippen LogP contribution is -2.46. The van der Waals surface area contributed by atoms with Crippen LogP contribution in [0.5, 0.6) is 0 Å². The molecule has 1 aliphatic carbocycles. The summed E-state index contributed by atoms with van der Waals surface area (Å²) in [6.45, 7) is 2.61. The van der Waals surface area contributed by atoms with E-state index in [1.54, 1.807) is 0 Å². The molecular formula is C13H24N2O2. The number of hydrogen-bond acceptors (Lipinski definition) is 2. The van der Waals surface area contributed by atoms with Gasteiger partial charge in [0, 0.05) is 25.0 Å². The number of hydrogen-bond donors (Lipinski definition) is 2. The van der Waals surface area contributed by atoms with Crippen LogP contribution in [0.25, 0.3) is 0 Å². The quantitative estimate of drug-likeness (QED) is 0.789. The fourth-order valence-corrected chi connectivity index (χ4v) is 2.99. The van der Waals surface area contributed by atoms with Gasteiger partial charge in [-0.2, -0.15) is 0 Å². The summed E-state index contributed by atoms with van der Waals surface area (Å²) in [6.07, 6.45) is 7.97. The molecule has 1 heterocycles. The molecule has 0 unspecified atom stereocenters. The summed E-state index contributed by atoms with van der Waals surface area (Å²) in [7, 11) is 0. The standard InChI is InChI=1S/C13H24N2O2/c16-11-13(6-2-1-3-7-13)10-14-12(17)15-8-4-5-9-15/h16H,1-11H2,(H,14,17). The van der Waals surface area contributed by atoms with Crippen molar-refractivity contribution in [2.24, 2.45) is 5.41 Å². The molecule has 2 fully saturated rings. The first kappa shape index (κ1) is 12.7. The molecule has 0 atom stereocenters. The molecule has 2 N–H and O–H groups in total. The lowest BCUT2D eigenvalue weighted by atomic mass is 9.74. The number of likely N-dealkylation sites (tertiary alicyclic amines) is 1. The summed E-state index contributed by atoms with van der Waals surface area (Å²) in [4.78, 5) is 13.8. The minimum atomic E-state index is -0.0480. The van der Waals surface area contributed by atoms with Gasteiger partial charge in [-0.15, -0.1) is 0 Å². The van der Waals surface area contributed by atoms with Gasteiger partial charge in [-0.25, -0.2) is 4.79 Å². The average molecular weight is 240 g/mol. The number of rotatable bonds is 3. The first-order chi connectivity index (χ1) is 8.26. The Morgan fingerprint density at radius 2 is 1.76 bits per heavy atom. The molecule has 0 aromatic heterocycles. The zero-order chi connectivity index (χ0) is 12.1. The van der Waals surface area contributed by atoms with E-state index in [0.717, 1.165) is 38.8 Å². The van der Waals surface area contributed by atoms with E-state index in [9.17, 15) is 9.90 Å². The van der Waals surface area contributed by atoms with Crippen LogP contribution in [-0.4, -0.2) is 42.3 Å². The highest BCUT2D eigenvalue weighted by Gasteiger charge is 2.32. The van der Waals surface area contributed by atoms with E-state index in [0.29, 0.717) is 6.54 Å². The van der Waals surface area contributed by atoms with Gasteiger partial charge >= 0.3 is 6.03 Å². The Bertz CT molecular complexity index is 256. The number of carbonyl (C=O) groups excluding carboxylic acids is 1. The molecular weight excluding hydrogens is 216 g/mol. The molecule has 17 heavy (non-hydrogen) atoms. The summed E-state index contributed by atoms with van der Waals surface area (Å²) < 4.78 is 0. The predicted octanol–water partition coefficient (Wildman–Crippen LogP) is 1.73. The van der Waals surface area contributed by atoms with E-state index < -0.39 is 0 Å². The number of urea groups is 1. The van der Waals surface area contributed by atoms with E-state index in [1.165, 1.54) is 19.3 Å². The highest BCUT2D eigenvalue weighted by Crippen LogP contribution is 2.35. The third-order valence-corrected chi connectivity index (χ3v) is 4.26. The maximum Gasteiger partial charge on any atom is 0.317 e. The Labute approximate surface area is 103 Å². The Balaban J connectivity index is 1.80. The van der Waals surface area contributed by atoms with Crippen molar-refractivity contribution in [1.29, 1.82) is 0 Å². The summed E-state index contributed by atoms with van der Waals surface area (Å²) in [5.41, 5.74) is -0.0480. The zero-order valence-electron chi connectivity index (χ0n) is 10.6. The number of amides is 2. The van der Waals surface area contributed by atoms with Crippen molar-refractivity contribution < 1.29 is 9.90 Å². The molecule has 0 radical (unpaired) electrons. The fraction of sp³-hybridized carbons (Fsp3) is 0.923. The van der Waals surface area contributed by atoms with Gasteiger partial charge in [0.15, 0.2) is 0 Å². The number of carbonyl (C=O) groups is 1. The van der Waals surface area contributed by atoms with Crippen molar-refractivity contribution in [1.82, 2.24) is 10.2 Å². The predicted molar refractivity (Wildman–Crippen MR) is 66.8 cm³/mol. The summed E-state index contributed by atoms with van der Waals surface area (Å²) in [6, 6.07) is 0.0564. The van der Waals surface area contributed by atoms with Gasteiger partial charge in [0.1, 0.15) is 0 Å². The van der Waals surface area contributed by atoms with Gasteiger partial charge in [-0.05, 0) is 25.7 Å². The van der Waals surface area contributed by atoms with E-state index in [4.69, 9.17) is 0 Å². The second kappa shape index (κ2) is 5.71. The SMILES string of the molecule is O=C(NCC1(CO)CCCCC1)N1CCCC1. The fourth-order valence-electron chi connectivity index (χ4n) is 2.99. The molecule has 2 rings (SSSR count). The van der Waals surface area contributed by atoms with Crippen LogP contribution in [0.3, 0.4) is 0 Å². The zero-order valence-corrected chi connectivity index (χ0v) is 10.6. The van der Waals surface area contributed by atoms with Crippen molar-refractivity contribution in [3.63, 3.8) is 0 Å². The third-order valence-electron chi connectivity index (χ3n) is 4.26. The van der Waals surface area contributed by atoms with Gasteiger partial charge in [0.2, 0.25) is 0 Å². The summed E-state index contributed by atoms with van der Waals surface area (Å²) in [5.74, 6) is 0. The highest BCUT2D eigenvalue weighted by molar-refractivity contribution is 5.74. The van der Waals surface area contributed by atoms with Crippen molar-refractivity contribution >= 4 is 6.03 Å². The number of aliphatic hydroxyl groups is 1. The molecule has 1 saturated heterocycles. The second-order valence-corrected chi connectivity index (χ2v) is 5.57. The smallest absolute Gasteiger partial charge is 0.317 e. The van der Waals surface area contributed by atoms with Gasteiger partial charge in [-0.3, -0.25) is 0 Å². The van der Waals surface area contributed by atoms with Crippen LogP contribution in [0.4, 0.5) is 4.79 Å². The first-order valence-electron chi connectivity index (χ1n) is 6.89. The third kappa shape index (κ3) is 3.12. The highest BCUT2D eigenvalue weighted by atomic mass is 16.3. The van der Waals surface area contributed by atoms with Crippen LogP contribution >= 0.6 is 0 Å². The van der Waals surface area contributed by atoms with Crippen LogP contribution in [0.15, 0.2) is 0 Å². The van der Waals surface area contributed by atoms with E-state index >= 15 is 0 Å². The number of nitrogens with zero attached hydrogens (tertiary/aromatic N) is 1. The molecule has 4 nitrogen and oxygen atoms in total. The summed E-state index contributed by atoms with van der Waals surface area (Å²) >= 11 is 0. The average Bonchev–Trinajstić information content (AvgIpc) is 2.91. The van der Waals surface area contributed by atoms with Crippen LogP contribution in [0, 0.1) is 5.41 Å². The lowest BCUT2D eigenvalue weighted by molar-refractivity contribution is 0.0818. The topological polar surface area (TPSA) is 52.6 Å². The molecule has 0 bridgehead atoms. The minimum absolute atomic E-state index is 0.0480. The molecule has 0 aromatic rings. The van der Waals surface area contributed by atoms with Crippen molar-refractivity contribution in [3.8, 4) is 0 Å². The van der Waals surface area contributed by atoms with Crippen LogP contribution in [-0.2, 0) is 0 Å². The van der Waals surface area contributed by atoms with E-state index in [1.807, 2.05) is 4.90 Å². The van der Waals surface area contributed by atoms with Gasteiger partial charge in [-0.1, -0.05) is 19.3 Å². The minimum Gasteiger partial charge on any atom is -0.396 e. The maximum atomic E-state index is 11.9. The Hall–Kier alpha value is -0.770. The Morgan fingerprint density at radius 3 is 2.35 bits per heavy atom. The normalized spacial score (nSPS) is 23.7. The molecule has 0 aromatic carbocycles. The van der Waals surface area contributed by atoms with E-state index in [-0.39, 0.29) is 18.1 Å². The molecule has 0 spiro atoms. The van der Waals surface area contributed by atoms with Crippen molar-refractivity contribution in [2.45, 2.75) is 44.9 Å².